The molecular weight excluding hydrogens is 370 g/mol. The molecule has 2 aliphatic heterocycles. The number of aliphatic hydroxyl groups excluding tert-OH is 6. The molecule has 27 heavy (non-hydrogen) atoms. The number of amides is 1. The minimum atomic E-state index is -1.99. The van der Waals surface area contributed by atoms with Crippen LogP contribution in [0.3, 0.4) is 0 Å². The molecule has 0 radical (unpaired) electrons. The molecule has 8 N–H and O–H groups in total. The van der Waals surface area contributed by atoms with Crippen LogP contribution in [0.15, 0.2) is 0 Å². The second kappa shape index (κ2) is 8.61. The van der Waals surface area contributed by atoms with Gasteiger partial charge in [0.25, 0.3) is 0 Å². The number of carbonyl (C=O) groups excluding carboxylic acids is 1. The maximum absolute atomic E-state index is 11.4. The SMILES string of the molecule is CC(=O)N[C@H]1C(O)O[C@H](CO)[C@@H](O[C@@H]2O[C@H](CO)[C@H](O)[C@H](O)[C@H]2O)[C@]1(C)O. The molecule has 2 heterocycles. The van der Waals surface area contributed by atoms with Crippen LogP contribution in [0, 0.1) is 0 Å². The van der Waals surface area contributed by atoms with Gasteiger partial charge in [-0.2, -0.15) is 0 Å². The highest BCUT2D eigenvalue weighted by Crippen LogP contribution is 2.34. The Morgan fingerprint density at radius 2 is 1.63 bits per heavy atom. The van der Waals surface area contributed by atoms with Crippen LogP contribution < -0.4 is 5.32 Å². The molecule has 0 aromatic rings. The van der Waals surface area contributed by atoms with Crippen LogP contribution in [0.1, 0.15) is 13.8 Å². The van der Waals surface area contributed by atoms with Crippen LogP contribution in [0.5, 0.6) is 0 Å². The van der Waals surface area contributed by atoms with Gasteiger partial charge in [-0.3, -0.25) is 4.79 Å². The summed E-state index contributed by atoms with van der Waals surface area (Å²) in [6, 6.07) is -1.34. The molecule has 12 nitrogen and oxygen atoms in total. The first-order valence-corrected chi connectivity index (χ1v) is 8.44. The van der Waals surface area contributed by atoms with Gasteiger partial charge in [0.05, 0.1) is 13.2 Å². The fraction of sp³-hybridized carbons (Fsp3) is 0.933. The Hall–Kier alpha value is -0.930. The smallest absolute Gasteiger partial charge is 0.217 e. The van der Waals surface area contributed by atoms with Crippen LogP contribution in [-0.4, -0.2) is 116 Å². The van der Waals surface area contributed by atoms with Gasteiger partial charge in [-0.25, -0.2) is 0 Å². The molecule has 10 atom stereocenters. The van der Waals surface area contributed by atoms with Crippen molar-refractivity contribution in [3.05, 3.63) is 0 Å². The standard InChI is InChI=1S/C15H27NO11/c1-5(19)16-11-13(23)25-7(4-18)12(15(11,2)24)27-14-10(22)9(21)8(20)6(3-17)26-14/h6-14,17-18,20-24H,3-4H2,1-2H3,(H,16,19)/t6-,7-,8+,9+,10-,11+,12-,13?,14+,15-/m1/s1. The topological polar surface area (TPSA) is 198 Å². The monoisotopic (exact) mass is 397 g/mol. The van der Waals surface area contributed by atoms with Crippen molar-refractivity contribution in [3.63, 3.8) is 0 Å². The highest BCUT2D eigenvalue weighted by Gasteiger charge is 2.56. The first-order chi connectivity index (χ1) is 12.5. The molecule has 1 amide bonds. The molecule has 12 heteroatoms. The first-order valence-electron chi connectivity index (χ1n) is 8.44. The summed E-state index contributed by atoms with van der Waals surface area (Å²) >= 11 is 0. The number of hydrogen-bond acceptors (Lipinski definition) is 11. The van der Waals surface area contributed by atoms with Crippen LogP contribution >= 0.6 is 0 Å². The number of rotatable bonds is 5. The van der Waals surface area contributed by atoms with Gasteiger partial charge in [0, 0.05) is 6.92 Å². The van der Waals surface area contributed by atoms with Gasteiger partial charge < -0.3 is 55.3 Å². The minimum Gasteiger partial charge on any atom is -0.394 e. The summed E-state index contributed by atoms with van der Waals surface area (Å²) in [7, 11) is 0. The van der Waals surface area contributed by atoms with Gasteiger partial charge in [0.2, 0.25) is 5.91 Å². The fourth-order valence-electron chi connectivity index (χ4n) is 3.30. The lowest BCUT2D eigenvalue weighted by Crippen LogP contribution is -2.72. The lowest BCUT2D eigenvalue weighted by atomic mass is 9.83. The number of aliphatic hydroxyl groups is 7. The van der Waals surface area contributed by atoms with E-state index in [0.717, 1.165) is 6.92 Å². The van der Waals surface area contributed by atoms with Crippen molar-refractivity contribution in [2.24, 2.45) is 0 Å². The molecule has 0 aromatic carbocycles. The zero-order chi connectivity index (χ0) is 20.5. The third-order valence-corrected chi connectivity index (χ3v) is 4.81. The van der Waals surface area contributed by atoms with E-state index >= 15 is 0 Å². The van der Waals surface area contributed by atoms with Gasteiger partial charge in [-0.05, 0) is 6.92 Å². The van der Waals surface area contributed by atoms with E-state index in [1.54, 1.807) is 0 Å². The summed E-state index contributed by atoms with van der Waals surface area (Å²) in [5, 5.41) is 71.8. The Morgan fingerprint density at radius 1 is 1.04 bits per heavy atom. The molecule has 2 saturated heterocycles. The van der Waals surface area contributed by atoms with Crippen molar-refractivity contribution in [2.75, 3.05) is 13.2 Å². The van der Waals surface area contributed by atoms with Gasteiger partial charge >= 0.3 is 0 Å². The molecular formula is C15H27NO11. The second-order valence-corrected chi connectivity index (χ2v) is 6.91. The molecule has 2 rings (SSSR count). The largest absolute Gasteiger partial charge is 0.394 e. The lowest BCUT2D eigenvalue weighted by Gasteiger charge is -2.50. The molecule has 0 spiro atoms. The first kappa shape index (κ1) is 22.4. The van der Waals surface area contributed by atoms with Gasteiger partial charge in [0.1, 0.15) is 48.3 Å². The van der Waals surface area contributed by atoms with E-state index < -0.39 is 80.0 Å². The van der Waals surface area contributed by atoms with E-state index in [4.69, 9.17) is 14.2 Å². The molecule has 0 aromatic heterocycles. The Kier molecular flexibility index (Phi) is 7.13. The molecule has 0 aliphatic carbocycles. The second-order valence-electron chi connectivity index (χ2n) is 6.91. The van der Waals surface area contributed by atoms with Gasteiger partial charge in [-0.1, -0.05) is 0 Å². The Labute approximate surface area is 154 Å². The molecule has 158 valence electrons. The summed E-state index contributed by atoms with van der Waals surface area (Å²) < 4.78 is 15.9. The average Bonchev–Trinajstić information content (AvgIpc) is 2.60. The van der Waals surface area contributed by atoms with Crippen molar-refractivity contribution in [1.29, 1.82) is 0 Å². The lowest BCUT2D eigenvalue weighted by molar-refractivity contribution is -0.359. The van der Waals surface area contributed by atoms with E-state index in [9.17, 15) is 40.5 Å². The average molecular weight is 397 g/mol. The third-order valence-electron chi connectivity index (χ3n) is 4.81. The maximum atomic E-state index is 11.4. The van der Waals surface area contributed by atoms with E-state index in [2.05, 4.69) is 5.32 Å². The van der Waals surface area contributed by atoms with E-state index in [1.807, 2.05) is 0 Å². The van der Waals surface area contributed by atoms with E-state index in [-0.39, 0.29) is 0 Å². The predicted molar refractivity (Wildman–Crippen MR) is 84.8 cm³/mol. The minimum absolute atomic E-state index is 0.572. The summed E-state index contributed by atoms with van der Waals surface area (Å²) in [4.78, 5) is 11.4. The highest BCUT2D eigenvalue weighted by atomic mass is 16.7. The van der Waals surface area contributed by atoms with Gasteiger partial charge in [0.15, 0.2) is 12.6 Å². The zero-order valence-corrected chi connectivity index (χ0v) is 14.9. The maximum Gasteiger partial charge on any atom is 0.217 e. The number of ether oxygens (including phenoxy) is 3. The van der Waals surface area contributed by atoms with Crippen LogP contribution in [0.2, 0.25) is 0 Å². The zero-order valence-electron chi connectivity index (χ0n) is 14.9. The molecule has 2 aliphatic rings. The van der Waals surface area contributed by atoms with Crippen molar-refractivity contribution in [1.82, 2.24) is 5.32 Å². The summed E-state index contributed by atoms with van der Waals surface area (Å²) in [5.41, 5.74) is -1.99. The van der Waals surface area contributed by atoms with E-state index in [0.29, 0.717) is 0 Å². The molecule has 1 unspecified atom stereocenters. The van der Waals surface area contributed by atoms with Crippen molar-refractivity contribution >= 4 is 5.91 Å². The van der Waals surface area contributed by atoms with Crippen LogP contribution in [0.25, 0.3) is 0 Å². The highest BCUT2D eigenvalue weighted by molar-refractivity contribution is 5.73. The third kappa shape index (κ3) is 4.40. The molecule has 2 fully saturated rings. The van der Waals surface area contributed by atoms with Crippen LogP contribution in [0.4, 0.5) is 0 Å². The fourth-order valence-corrected chi connectivity index (χ4v) is 3.30. The normalized spacial score (nSPS) is 48.3. The quantitative estimate of drug-likeness (QED) is 0.221. The van der Waals surface area contributed by atoms with Crippen molar-refractivity contribution in [2.45, 2.75) is 74.7 Å². The predicted octanol–water partition coefficient (Wildman–Crippen LogP) is -4.86. The number of nitrogens with one attached hydrogen (secondary N) is 1. The van der Waals surface area contributed by atoms with Crippen molar-refractivity contribution < 1.29 is 54.8 Å². The number of hydrogen-bond donors (Lipinski definition) is 8. The Bertz CT molecular complexity index is 516. The molecule has 0 bridgehead atoms. The van der Waals surface area contributed by atoms with E-state index in [1.165, 1.54) is 6.92 Å². The number of carbonyl (C=O) groups is 1. The Balaban J connectivity index is 2.26. The van der Waals surface area contributed by atoms with Crippen LogP contribution in [-0.2, 0) is 19.0 Å². The Morgan fingerprint density at radius 3 is 2.15 bits per heavy atom. The summed E-state index contributed by atoms with van der Waals surface area (Å²) in [6.07, 6.45) is -12.3. The van der Waals surface area contributed by atoms with Crippen molar-refractivity contribution in [3.8, 4) is 0 Å². The molecule has 0 saturated carbocycles. The van der Waals surface area contributed by atoms with Gasteiger partial charge in [-0.15, -0.1) is 0 Å². The summed E-state index contributed by atoms with van der Waals surface area (Å²) in [6.45, 7) is 1.01. The summed E-state index contributed by atoms with van der Waals surface area (Å²) in [5.74, 6) is -0.572.